The Morgan fingerprint density at radius 1 is 1.10 bits per heavy atom. The number of allylic oxidation sites excluding steroid dienone is 1. The third kappa shape index (κ3) is 3.21. The number of methoxy groups -OCH3 is 1. The summed E-state index contributed by atoms with van der Waals surface area (Å²) in [4.78, 5) is 29.8. The first kappa shape index (κ1) is 19.5. The van der Waals surface area contributed by atoms with Gasteiger partial charge in [-0.2, -0.15) is 0 Å². The zero-order valence-electron chi connectivity index (χ0n) is 17.9. The summed E-state index contributed by atoms with van der Waals surface area (Å²) in [6.45, 7) is 4.31. The van der Waals surface area contributed by atoms with Gasteiger partial charge in [-0.1, -0.05) is 32.0 Å². The lowest BCUT2D eigenvalue weighted by atomic mass is 9.68. The van der Waals surface area contributed by atoms with Crippen LogP contribution in [0.15, 0.2) is 60.3 Å². The highest BCUT2D eigenvalue weighted by atomic mass is 16.5. The van der Waals surface area contributed by atoms with Gasteiger partial charge < -0.3 is 10.1 Å². The Morgan fingerprint density at radius 3 is 2.61 bits per heavy atom. The highest BCUT2D eigenvalue weighted by molar-refractivity contribution is 6.12. The number of nitrogens with zero attached hydrogens (tertiary/aromatic N) is 1. The molecule has 2 aromatic carbocycles. The fraction of sp³-hybridized carbons (Fsp3) is 0.269. The topological polar surface area (TPSA) is 68.3 Å². The molecular formula is C26H24N2O3. The van der Waals surface area contributed by atoms with E-state index in [-0.39, 0.29) is 23.2 Å². The molecule has 0 saturated carbocycles. The summed E-state index contributed by atoms with van der Waals surface area (Å²) in [5.74, 6) is -0.199. The molecule has 2 aliphatic rings. The summed E-state index contributed by atoms with van der Waals surface area (Å²) >= 11 is 0. The SMILES string of the molecule is COC(=O)c1ccc(C2Nc3ccc4ncccc4c3C3=C2C(=O)CC(C)(C)C3)cc1. The third-order valence-electron chi connectivity index (χ3n) is 6.26. The zero-order valence-corrected chi connectivity index (χ0v) is 17.9. The number of esters is 1. The van der Waals surface area contributed by atoms with Crippen LogP contribution in [0.25, 0.3) is 16.5 Å². The normalized spacial score (nSPS) is 19.5. The average Bonchev–Trinajstić information content (AvgIpc) is 2.76. The van der Waals surface area contributed by atoms with Crippen LogP contribution in [0.5, 0.6) is 0 Å². The summed E-state index contributed by atoms with van der Waals surface area (Å²) in [5.41, 5.74) is 6.29. The second kappa shape index (κ2) is 7.05. The first-order chi connectivity index (χ1) is 14.9. The number of carbonyl (C=O) groups is 2. The van der Waals surface area contributed by atoms with E-state index in [0.717, 1.165) is 45.3 Å². The Bertz CT molecular complexity index is 1260. The third-order valence-corrected chi connectivity index (χ3v) is 6.26. The predicted molar refractivity (Wildman–Crippen MR) is 121 cm³/mol. The van der Waals surface area contributed by atoms with Gasteiger partial charge in [0.15, 0.2) is 5.78 Å². The maximum Gasteiger partial charge on any atom is 0.337 e. The molecule has 1 unspecified atom stereocenters. The molecule has 0 fully saturated rings. The average molecular weight is 412 g/mol. The van der Waals surface area contributed by atoms with E-state index in [4.69, 9.17) is 4.74 Å². The summed E-state index contributed by atoms with van der Waals surface area (Å²) < 4.78 is 4.81. The Morgan fingerprint density at radius 2 is 1.87 bits per heavy atom. The van der Waals surface area contributed by atoms with E-state index in [1.807, 2.05) is 24.3 Å². The lowest BCUT2D eigenvalue weighted by molar-refractivity contribution is -0.118. The minimum atomic E-state index is -0.372. The molecule has 0 saturated heterocycles. The number of hydrogen-bond donors (Lipinski definition) is 1. The van der Waals surface area contributed by atoms with Crippen molar-refractivity contribution in [2.24, 2.45) is 5.41 Å². The molecule has 1 aromatic heterocycles. The Balaban J connectivity index is 1.71. The van der Waals surface area contributed by atoms with Crippen LogP contribution < -0.4 is 5.32 Å². The molecule has 3 aromatic rings. The van der Waals surface area contributed by atoms with Crippen molar-refractivity contribution in [3.8, 4) is 0 Å². The molecule has 1 aliphatic heterocycles. The van der Waals surface area contributed by atoms with Gasteiger partial charge >= 0.3 is 5.97 Å². The molecule has 0 amide bonds. The van der Waals surface area contributed by atoms with Crippen LogP contribution >= 0.6 is 0 Å². The highest BCUT2D eigenvalue weighted by Gasteiger charge is 2.40. The number of benzene rings is 2. The van der Waals surface area contributed by atoms with Crippen molar-refractivity contribution in [2.45, 2.75) is 32.7 Å². The monoisotopic (exact) mass is 412 g/mol. The van der Waals surface area contributed by atoms with E-state index in [0.29, 0.717) is 12.0 Å². The van der Waals surface area contributed by atoms with Gasteiger partial charge in [-0.05, 0) is 53.3 Å². The number of ether oxygens (including phenoxy) is 1. The van der Waals surface area contributed by atoms with E-state index in [1.165, 1.54) is 7.11 Å². The van der Waals surface area contributed by atoms with Gasteiger partial charge in [0, 0.05) is 34.8 Å². The molecular weight excluding hydrogens is 388 g/mol. The van der Waals surface area contributed by atoms with Gasteiger partial charge in [-0.3, -0.25) is 9.78 Å². The van der Waals surface area contributed by atoms with Crippen molar-refractivity contribution < 1.29 is 14.3 Å². The molecule has 1 N–H and O–H groups in total. The van der Waals surface area contributed by atoms with Crippen LogP contribution in [0, 0.1) is 5.41 Å². The molecule has 31 heavy (non-hydrogen) atoms. The smallest absolute Gasteiger partial charge is 0.337 e. The predicted octanol–water partition coefficient (Wildman–Crippen LogP) is 5.33. The Kier molecular flexibility index (Phi) is 4.43. The summed E-state index contributed by atoms with van der Waals surface area (Å²) in [6, 6.07) is 15.1. The van der Waals surface area contributed by atoms with E-state index >= 15 is 0 Å². The first-order valence-electron chi connectivity index (χ1n) is 10.5. The van der Waals surface area contributed by atoms with Crippen molar-refractivity contribution in [1.29, 1.82) is 0 Å². The molecule has 5 rings (SSSR count). The van der Waals surface area contributed by atoms with E-state index < -0.39 is 0 Å². The van der Waals surface area contributed by atoms with Crippen molar-refractivity contribution in [1.82, 2.24) is 4.98 Å². The number of pyridine rings is 1. The number of rotatable bonds is 2. The second-order valence-corrected chi connectivity index (χ2v) is 9.08. The van der Waals surface area contributed by atoms with Crippen LogP contribution in [-0.2, 0) is 9.53 Å². The minimum Gasteiger partial charge on any atom is -0.465 e. The van der Waals surface area contributed by atoms with Crippen LogP contribution in [0.3, 0.4) is 0 Å². The quantitative estimate of drug-likeness (QED) is 0.576. The molecule has 0 radical (unpaired) electrons. The van der Waals surface area contributed by atoms with E-state index in [1.54, 1.807) is 18.3 Å². The zero-order chi connectivity index (χ0) is 21.8. The molecule has 2 heterocycles. The lowest BCUT2D eigenvalue weighted by Gasteiger charge is -2.40. The molecule has 0 bridgehead atoms. The number of anilines is 1. The van der Waals surface area contributed by atoms with Gasteiger partial charge in [-0.25, -0.2) is 4.79 Å². The molecule has 1 atom stereocenters. The molecule has 156 valence electrons. The highest BCUT2D eigenvalue weighted by Crippen LogP contribution is 2.51. The molecule has 5 nitrogen and oxygen atoms in total. The summed E-state index contributed by atoms with van der Waals surface area (Å²) in [5, 5.41) is 4.66. The van der Waals surface area contributed by atoms with E-state index in [2.05, 4.69) is 36.3 Å². The fourth-order valence-electron chi connectivity index (χ4n) is 4.90. The maximum absolute atomic E-state index is 13.4. The van der Waals surface area contributed by atoms with Gasteiger partial charge in [0.05, 0.1) is 24.2 Å². The fourth-order valence-corrected chi connectivity index (χ4v) is 4.90. The number of nitrogens with one attached hydrogen (secondary N) is 1. The molecule has 1 aliphatic carbocycles. The Labute approximate surface area is 181 Å². The number of fused-ring (bicyclic) bond motifs is 4. The van der Waals surface area contributed by atoms with Gasteiger partial charge in [-0.15, -0.1) is 0 Å². The van der Waals surface area contributed by atoms with Crippen LogP contribution in [0.2, 0.25) is 0 Å². The number of aromatic nitrogens is 1. The summed E-state index contributed by atoms with van der Waals surface area (Å²) in [6.07, 6.45) is 3.14. The van der Waals surface area contributed by atoms with Crippen LogP contribution in [0.1, 0.15) is 54.2 Å². The number of carbonyl (C=O) groups excluding carboxylic acids is 2. The van der Waals surface area contributed by atoms with Gasteiger partial charge in [0.25, 0.3) is 0 Å². The maximum atomic E-state index is 13.4. The number of ketones is 1. The minimum absolute atomic E-state index is 0.103. The van der Waals surface area contributed by atoms with Crippen molar-refractivity contribution >= 4 is 33.9 Å². The molecule has 0 spiro atoms. The standard InChI is InChI=1S/C26H24N2O3/c1-26(2)13-18-22-17-5-4-12-27-19(17)10-11-20(22)28-24(23(18)21(29)14-26)15-6-8-16(9-7-15)25(30)31-3/h4-12,24,28H,13-14H2,1-3H3. The van der Waals surface area contributed by atoms with Crippen molar-refractivity contribution in [3.05, 3.63) is 77.0 Å². The number of Topliss-reactive ketones (excluding diaryl/α,β-unsaturated/α-hetero) is 1. The van der Waals surface area contributed by atoms with E-state index in [9.17, 15) is 9.59 Å². The van der Waals surface area contributed by atoms with Crippen molar-refractivity contribution in [3.63, 3.8) is 0 Å². The number of hydrogen-bond acceptors (Lipinski definition) is 5. The van der Waals surface area contributed by atoms with Crippen LogP contribution in [-0.4, -0.2) is 23.8 Å². The summed E-state index contributed by atoms with van der Waals surface area (Å²) in [7, 11) is 1.37. The van der Waals surface area contributed by atoms with Crippen LogP contribution in [0.4, 0.5) is 5.69 Å². The Hall–Kier alpha value is -3.47. The van der Waals surface area contributed by atoms with Gasteiger partial charge in [0.2, 0.25) is 0 Å². The van der Waals surface area contributed by atoms with Gasteiger partial charge in [0.1, 0.15) is 0 Å². The largest absolute Gasteiger partial charge is 0.465 e. The second-order valence-electron chi connectivity index (χ2n) is 9.08. The van der Waals surface area contributed by atoms with Crippen molar-refractivity contribution in [2.75, 3.05) is 12.4 Å². The molecule has 5 heteroatoms. The lowest BCUT2D eigenvalue weighted by Crippen LogP contribution is -2.33. The first-order valence-corrected chi connectivity index (χ1v) is 10.5.